The van der Waals surface area contributed by atoms with Gasteiger partial charge in [0.2, 0.25) is 15.3 Å². The smallest absolute Gasteiger partial charge is 0.211 e. The number of nitrogens with zero attached hydrogens (tertiary/aromatic N) is 1. The third-order valence-corrected chi connectivity index (χ3v) is 5.78. The topological polar surface area (TPSA) is 56.1 Å². The number of pyridine rings is 1. The Morgan fingerprint density at radius 2 is 1.79 bits per heavy atom. The second-order valence-corrected chi connectivity index (χ2v) is 7.58. The molecule has 0 saturated carbocycles. The zero-order valence-electron chi connectivity index (χ0n) is 12.7. The van der Waals surface area contributed by atoms with E-state index in [0.29, 0.717) is 17.1 Å². The molecule has 0 atom stereocenters. The molecule has 3 rings (SSSR count). The van der Waals surface area contributed by atoms with Gasteiger partial charge in [0.05, 0.1) is 10.4 Å². The maximum atomic E-state index is 13.5. The van der Waals surface area contributed by atoms with Crippen LogP contribution >= 0.6 is 11.6 Å². The summed E-state index contributed by atoms with van der Waals surface area (Å²) in [4.78, 5) is 12.2. The van der Waals surface area contributed by atoms with Gasteiger partial charge in [0.15, 0.2) is 0 Å². The van der Waals surface area contributed by atoms with E-state index in [1.54, 1.807) is 4.57 Å². The van der Waals surface area contributed by atoms with Gasteiger partial charge in [0, 0.05) is 23.2 Å². The Morgan fingerprint density at radius 3 is 2.42 bits per heavy atom. The van der Waals surface area contributed by atoms with Crippen LogP contribution in [0.25, 0.3) is 10.9 Å². The molecule has 2 aromatic carbocycles. The molecule has 1 heterocycles. The Balaban J connectivity index is 2.35. The minimum Gasteiger partial charge on any atom is -0.346 e. The number of halogens is 2. The van der Waals surface area contributed by atoms with Gasteiger partial charge in [0.25, 0.3) is 0 Å². The summed E-state index contributed by atoms with van der Waals surface area (Å²) in [5.41, 5.74) is -0.233. The van der Waals surface area contributed by atoms with Crippen LogP contribution < -0.4 is 5.43 Å². The van der Waals surface area contributed by atoms with Gasteiger partial charge < -0.3 is 4.57 Å². The molecule has 4 nitrogen and oxygen atoms in total. The summed E-state index contributed by atoms with van der Waals surface area (Å²) >= 11 is 5.78. The van der Waals surface area contributed by atoms with Crippen LogP contribution in [0, 0.1) is 5.82 Å². The van der Waals surface area contributed by atoms with Crippen molar-refractivity contribution in [1.29, 1.82) is 0 Å². The number of sulfone groups is 1. The number of hydrogen-bond acceptors (Lipinski definition) is 3. The minimum atomic E-state index is -4.04. The highest BCUT2D eigenvalue weighted by Crippen LogP contribution is 2.23. The highest BCUT2D eigenvalue weighted by molar-refractivity contribution is 7.91. The zero-order valence-corrected chi connectivity index (χ0v) is 14.2. The Labute approximate surface area is 143 Å². The van der Waals surface area contributed by atoms with E-state index in [4.69, 9.17) is 11.6 Å². The molecule has 1 aromatic heterocycles. The molecule has 0 unspecified atom stereocenters. The summed E-state index contributed by atoms with van der Waals surface area (Å²) < 4.78 is 40.8. The molecule has 0 amide bonds. The van der Waals surface area contributed by atoms with Gasteiger partial charge in [-0.2, -0.15) is 0 Å². The van der Waals surface area contributed by atoms with E-state index in [0.717, 1.165) is 6.07 Å². The Kier molecular flexibility index (Phi) is 4.19. The van der Waals surface area contributed by atoms with Gasteiger partial charge in [-0.1, -0.05) is 11.6 Å². The molecule has 7 heteroatoms. The first kappa shape index (κ1) is 16.7. The summed E-state index contributed by atoms with van der Waals surface area (Å²) in [7, 11) is -4.04. The lowest BCUT2D eigenvalue weighted by Gasteiger charge is -2.12. The molecule has 0 fully saturated rings. The van der Waals surface area contributed by atoms with Crippen molar-refractivity contribution >= 4 is 32.3 Å². The van der Waals surface area contributed by atoms with E-state index >= 15 is 0 Å². The summed E-state index contributed by atoms with van der Waals surface area (Å²) in [5, 5.41) is 0.424. The third-order valence-electron chi connectivity index (χ3n) is 3.76. The molecule has 0 spiro atoms. The minimum absolute atomic E-state index is 0.0342. The van der Waals surface area contributed by atoms with E-state index in [9.17, 15) is 17.6 Å². The average molecular weight is 366 g/mol. The second-order valence-electron chi connectivity index (χ2n) is 5.23. The van der Waals surface area contributed by atoms with Crippen molar-refractivity contribution in [3.63, 3.8) is 0 Å². The number of fused-ring (bicyclic) bond motifs is 1. The summed E-state index contributed by atoms with van der Waals surface area (Å²) in [6, 6.07) is 9.31. The Bertz CT molecular complexity index is 1090. The molecule has 124 valence electrons. The largest absolute Gasteiger partial charge is 0.346 e. The second kappa shape index (κ2) is 6.03. The molecule has 0 aliphatic carbocycles. The number of hydrogen-bond donors (Lipinski definition) is 0. The van der Waals surface area contributed by atoms with E-state index in [-0.39, 0.29) is 15.2 Å². The van der Waals surface area contributed by atoms with E-state index in [1.807, 2.05) is 6.92 Å². The van der Waals surface area contributed by atoms with E-state index < -0.39 is 21.1 Å². The first-order valence-corrected chi connectivity index (χ1v) is 9.04. The van der Waals surface area contributed by atoms with Crippen LogP contribution in [0.5, 0.6) is 0 Å². The monoisotopic (exact) mass is 365 g/mol. The molecule has 0 aliphatic heterocycles. The lowest BCUT2D eigenvalue weighted by molar-refractivity contribution is 0.593. The van der Waals surface area contributed by atoms with Crippen molar-refractivity contribution in [3.05, 3.63) is 69.7 Å². The van der Waals surface area contributed by atoms with Crippen LogP contribution in [0.1, 0.15) is 6.92 Å². The first-order chi connectivity index (χ1) is 11.3. The predicted octanol–water partition coefficient (Wildman–Crippen LogP) is 3.65. The lowest BCUT2D eigenvalue weighted by atomic mass is 10.2. The summed E-state index contributed by atoms with van der Waals surface area (Å²) in [5.74, 6) is -0.594. The van der Waals surface area contributed by atoms with Crippen LogP contribution in [-0.2, 0) is 16.4 Å². The van der Waals surface area contributed by atoms with Crippen molar-refractivity contribution in [2.24, 2.45) is 0 Å². The van der Waals surface area contributed by atoms with Crippen LogP contribution in [0.2, 0.25) is 5.02 Å². The Morgan fingerprint density at radius 1 is 1.12 bits per heavy atom. The van der Waals surface area contributed by atoms with Crippen molar-refractivity contribution in [3.8, 4) is 0 Å². The van der Waals surface area contributed by atoms with Crippen LogP contribution in [0.4, 0.5) is 4.39 Å². The highest BCUT2D eigenvalue weighted by atomic mass is 35.5. The van der Waals surface area contributed by atoms with Gasteiger partial charge in [-0.25, -0.2) is 12.8 Å². The van der Waals surface area contributed by atoms with Gasteiger partial charge in [-0.3, -0.25) is 4.79 Å². The van der Waals surface area contributed by atoms with Crippen molar-refractivity contribution in [2.75, 3.05) is 0 Å². The SMILES string of the molecule is CCn1cc(S(=O)(=O)c2ccc(Cl)cc2)c(=O)c2cc(F)ccc21. The quantitative estimate of drug-likeness (QED) is 0.712. The summed E-state index contributed by atoms with van der Waals surface area (Å²) in [6.07, 6.45) is 1.30. The van der Waals surface area contributed by atoms with Crippen molar-refractivity contribution in [1.82, 2.24) is 4.57 Å². The molecule has 0 aliphatic rings. The normalized spacial score (nSPS) is 11.8. The molecule has 3 aromatic rings. The maximum absolute atomic E-state index is 13.5. The molecule has 0 bridgehead atoms. The number of aryl methyl sites for hydroxylation is 1. The van der Waals surface area contributed by atoms with Crippen molar-refractivity contribution < 1.29 is 12.8 Å². The van der Waals surface area contributed by atoms with Gasteiger partial charge in [-0.05, 0) is 49.4 Å². The van der Waals surface area contributed by atoms with Gasteiger partial charge in [0.1, 0.15) is 10.7 Å². The van der Waals surface area contributed by atoms with Crippen LogP contribution in [-0.4, -0.2) is 13.0 Å². The number of rotatable bonds is 3. The van der Waals surface area contributed by atoms with Gasteiger partial charge in [-0.15, -0.1) is 0 Å². The third kappa shape index (κ3) is 2.72. The molecule has 0 radical (unpaired) electrons. The maximum Gasteiger partial charge on any atom is 0.211 e. The fourth-order valence-electron chi connectivity index (χ4n) is 2.54. The van der Waals surface area contributed by atoms with E-state index in [1.165, 1.54) is 42.6 Å². The lowest BCUT2D eigenvalue weighted by Crippen LogP contribution is -2.19. The van der Waals surface area contributed by atoms with Crippen LogP contribution in [0.15, 0.2) is 63.2 Å². The predicted molar refractivity (Wildman–Crippen MR) is 90.7 cm³/mol. The highest BCUT2D eigenvalue weighted by Gasteiger charge is 2.23. The average Bonchev–Trinajstić information content (AvgIpc) is 2.56. The first-order valence-electron chi connectivity index (χ1n) is 7.18. The molecule has 0 N–H and O–H groups in total. The molecule has 24 heavy (non-hydrogen) atoms. The van der Waals surface area contributed by atoms with Crippen molar-refractivity contribution in [2.45, 2.75) is 23.3 Å². The standard InChI is InChI=1S/C17H13ClFNO3S/c1-2-20-10-16(17(21)14-9-12(19)5-8-15(14)20)24(22,23)13-6-3-11(18)4-7-13/h3-10H,2H2,1H3. The fraction of sp³-hybridized carbons (Fsp3) is 0.118. The molecular formula is C17H13ClFNO3S. The van der Waals surface area contributed by atoms with Crippen LogP contribution in [0.3, 0.4) is 0 Å². The number of benzene rings is 2. The fourth-order valence-corrected chi connectivity index (χ4v) is 4.03. The summed E-state index contributed by atoms with van der Waals surface area (Å²) in [6.45, 7) is 2.25. The number of aromatic nitrogens is 1. The molecular weight excluding hydrogens is 353 g/mol. The Hall–Kier alpha value is -2.18. The van der Waals surface area contributed by atoms with E-state index in [2.05, 4.69) is 0 Å². The zero-order chi connectivity index (χ0) is 17.5. The van der Waals surface area contributed by atoms with Gasteiger partial charge >= 0.3 is 0 Å². The molecule has 0 saturated heterocycles.